The van der Waals surface area contributed by atoms with Crippen LogP contribution in [0.1, 0.15) is 11.3 Å². The molecule has 1 aromatic rings. The summed E-state index contributed by atoms with van der Waals surface area (Å²) in [7, 11) is 1.76. The number of hydrogen-bond acceptors (Lipinski definition) is 3. The van der Waals surface area contributed by atoms with E-state index in [0.29, 0.717) is 6.54 Å². The van der Waals surface area contributed by atoms with Crippen molar-refractivity contribution < 1.29 is 14.3 Å². The number of aryl methyl sites for hydroxylation is 1. The molecule has 0 radical (unpaired) electrons. The van der Waals surface area contributed by atoms with Crippen LogP contribution in [0, 0.1) is 6.92 Å². The number of carbonyl (C=O) groups is 1. The Labute approximate surface area is 76.8 Å². The van der Waals surface area contributed by atoms with Crippen molar-refractivity contribution in [1.29, 1.82) is 0 Å². The van der Waals surface area contributed by atoms with Crippen molar-refractivity contribution >= 4 is 5.97 Å². The molecule has 0 unspecified atom stereocenters. The molecule has 0 aliphatic rings. The average molecular weight is 183 g/mol. The second kappa shape index (κ2) is 4.09. The lowest BCUT2D eigenvalue weighted by Crippen LogP contribution is -2.25. The Balaban J connectivity index is 2.49. The lowest BCUT2D eigenvalue weighted by molar-refractivity contribution is -0.138. The summed E-state index contributed by atoms with van der Waals surface area (Å²) in [6.07, 6.45) is 1.61. The highest BCUT2D eigenvalue weighted by Gasteiger charge is 2.07. The van der Waals surface area contributed by atoms with Gasteiger partial charge in [0.25, 0.3) is 0 Å². The van der Waals surface area contributed by atoms with E-state index in [1.54, 1.807) is 18.2 Å². The minimum Gasteiger partial charge on any atom is -0.480 e. The van der Waals surface area contributed by atoms with Crippen LogP contribution < -0.4 is 0 Å². The molecule has 4 heteroatoms. The van der Waals surface area contributed by atoms with Gasteiger partial charge in [-0.05, 0) is 20.0 Å². The molecule has 0 spiro atoms. The summed E-state index contributed by atoms with van der Waals surface area (Å²) >= 11 is 0. The number of rotatable bonds is 4. The third-order valence-electron chi connectivity index (χ3n) is 1.81. The Morgan fingerprint density at radius 2 is 2.38 bits per heavy atom. The fourth-order valence-corrected chi connectivity index (χ4v) is 1.15. The Kier molecular flexibility index (Phi) is 3.08. The van der Waals surface area contributed by atoms with Gasteiger partial charge in [-0.15, -0.1) is 0 Å². The number of likely N-dealkylation sites (N-methyl/N-ethyl adjacent to an activating group) is 1. The molecular weight excluding hydrogens is 170 g/mol. The summed E-state index contributed by atoms with van der Waals surface area (Å²) in [4.78, 5) is 12.1. The predicted octanol–water partition coefficient (Wildman–Crippen LogP) is 1.10. The number of carboxylic acid groups (broad SMARTS) is 1. The predicted molar refractivity (Wildman–Crippen MR) is 47.4 cm³/mol. The van der Waals surface area contributed by atoms with E-state index in [1.807, 2.05) is 13.0 Å². The van der Waals surface area contributed by atoms with Gasteiger partial charge in [0.05, 0.1) is 12.8 Å². The molecule has 0 atom stereocenters. The van der Waals surface area contributed by atoms with Gasteiger partial charge in [-0.25, -0.2) is 0 Å². The zero-order chi connectivity index (χ0) is 9.84. The highest BCUT2D eigenvalue weighted by Crippen LogP contribution is 2.10. The molecule has 72 valence electrons. The number of aliphatic carboxylic acids is 1. The van der Waals surface area contributed by atoms with Crippen molar-refractivity contribution in [2.24, 2.45) is 0 Å². The first kappa shape index (κ1) is 9.80. The molecule has 0 fully saturated rings. The van der Waals surface area contributed by atoms with Gasteiger partial charge in [-0.3, -0.25) is 9.69 Å². The standard InChI is InChI=1S/C9H13NO3/c1-7-8(3-4-13-7)5-10(2)6-9(11)12/h3-4H,5-6H2,1-2H3,(H,11,12). The first-order valence-corrected chi connectivity index (χ1v) is 4.03. The van der Waals surface area contributed by atoms with Gasteiger partial charge in [0.15, 0.2) is 0 Å². The maximum Gasteiger partial charge on any atom is 0.317 e. The molecule has 0 aromatic carbocycles. The van der Waals surface area contributed by atoms with Gasteiger partial charge in [0, 0.05) is 12.1 Å². The van der Waals surface area contributed by atoms with Crippen LogP contribution in [0.5, 0.6) is 0 Å². The smallest absolute Gasteiger partial charge is 0.317 e. The minimum absolute atomic E-state index is 0.0462. The zero-order valence-electron chi connectivity index (χ0n) is 7.78. The number of furan rings is 1. The Hall–Kier alpha value is -1.29. The summed E-state index contributed by atoms with van der Waals surface area (Å²) in [5.74, 6) is 0.0286. The largest absolute Gasteiger partial charge is 0.480 e. The molecule has 1 rings (SSSR count). The van der Waals surface area contributed by atoms with Crippen molar-refractivity contribution in [2.45, 2.75) is 13.5 Å². The van der Waals surface area contributed by atoms with E-state index in [9.17, 15) is 4.79 Å². The number of hydrogen-bond donors (Lipinski definition) is 1. The second-order valence-electron chi connectivity index (χ2n) is 3.07. The van der Waals surface area contributed by atoms with E-state index < -0.39 is 5.97 Å². The van der Waals surface area contributed by atoms with E-state index in [1.165, 1.54) is 0 Å². The molecule has 0 saturated carbocycles. The van der Waals surface area contributed by atoms with Crippen LogP contribution in [0.15, 0.2) is 16.7 Å². The van der Waals surface area contributed by atoms with E-state index in [0.717, 1.165) is 11.3 Å². The van der Waals surface area contributed by atoms with Gasteiger partial charge >= 0.3 is 5.97 Å². The molecule has 1 heterocycles. The topological polar surface area (TPSA) is 53.7 Å². The molecule has 13 heavy (non-hydrogen) atoms. The Bertz CT molecular complexity index is 293. The first-order valence-electron chi connectivity index (χ1n) is 4.03. The Morgan fingerprint density at radius 1 is 1.69 bits per heavy atom. The van der Waals surface area contributed by atoms with Crippen LogP contribution >= 0.6 is 0 Å². The molecule has 0 amide bonds. The fraction of sp³-hybridized carbons (Fsp3) is 0.444. The van der Waals surface area contributed by atoms with Crippen molar-refractivity contribution in [3.8, 4) is 0 Å². The summed E-state index contributed by atoms with van der Waals surface area (Å²) in [5.41, 5.74) is 1.03. The lowest BCUT2D eigenvalue weighted by atomic mass is 10.2. The summed E-state index contributed by atoms with van der Waals surface area (Å²) in [6, 6.07) is 1.85. The molecule has 0 saturated heterocycles. The van der Waals surface area contributed by atoms with E-state index >= 15 is 0 Å². The van der Waals surface area contributed by atoms with E-state index in [-0.39, 0.29) is 6.54 Å². The number of nitrogens with zero attached hydrogens (tertiary/aromatic N) is 1. The first-order chi connectivity index (χ1) is 6.09. The van der Waals surface area contributed by atoms with Crippen molar-refractivity contribution in [3.63, 3.8) is 0 Å². The average Bonchev–Trinajstić information content (AvgIpc) is 2.34. The fourth-order valence-electron chi connectivity index (χ4n) is 1.15. The van der Waals surface area contributed by atoms with Crippen LogP contribution in [0.3, 0.4) is 0 Å². The highest BCUT2D eigenvalue weighted by molar-refractivity contribution is 5.69. The van der Waals surface area contributed by atoms with Crippen LogP contribution in [0.4, 0.5) is 0 Å². The van der Waals surface area contributed by atoms with E-state index in [2.05, 4.69) is 0 Å². The SMILES string of the molecule is Cc1occc1CN(C)CC(=O)O. The van der Waals surface area contributed by atoms with Crippen LogP contribution in [-0.4, -0.2) is 29.6 Å². The van der Waals surface area contributed by atoms with Crippen LogP contribution in [-0.2, 0) is 11.3 Å². The quantitative estimate of drug-likeness (QED) is 0.759. The maximum absolute atomic E-state index is 10.4. The minimum atomic E-state index is -0.816. The molecule has 4 nitrogen and oxygen atoms in total. The third kappa shape index (κ3) is 2.91. The molecule has 1 N–H and O–H groups in total. The maximum atomic E-state index is 10.4. The molecular formula is C9H13NO3. The molecule has 0 aliphatic heterocycles. The normalized spacial score (nSPS) is 10.7. The van der Waals surface area contributed by atoms with Crippen LogP contribution in [0.25, 0.3) is 0 Å². The second-order valence-corrected chi connectivity index (χ2v) is 3.07. The van der Waals surface area contributed by atoms with Gasteiger partial charge in [0.1, 0.15) is 5.76 Å². The Morgan fingerprint density at radius 3 is 2.85 bits per heavy atom. The molecule has 0 bridgehead atoms. The lowest BCUT2D eigenvalue weighted by Gasteiger charge is -2.12. The third-order valence-corrected chi connectivity index (χ3v) is 1.81. The van der Waals surface area contributed by atoms with Gasteiger partial charge < -0.3 is 9.52 Å². The summed E-state index contributed by atoms with van der Waals surface area (Å²) in [6.45, 7) is 2.52. The highest BCUT2D eigenvalue weighted by atomic mass is 16.4. The van der Waals surface area contributed by atoms with Gasteiger partial charge in [0.2, 0.25) is 0 Å². The van der Waals surface area contributed by atoms with Crippen molar-refractivity contribution in [1.82, 2.24) is 4.90 Å². The summed E-state index contributed by atoms with van der Waals surface area (Å²) < 4.78 is 5.10. The molecule has 0 aliphatic carbocycles. The zero-order valence-corrected chi connectivity index (χ0v) is 7.78. The summed E-state index contributed by atoms with van der Waals surface area (Å²) in [5, 5.41) is 8.52. The van der Waals surface area contributed by atoms with E-state index in [4.69, 9.17) is 9.52 Å². The number of carboxylic acids is 1. The van der Waals surface area contributed by atoms with Crippen molar-refractivity contribution in [3.05, 3.63) is 23.7 Å². The monoisotopic (exact) mass is 183 g/mol. The van der Waals surface area contributed by atoms with Crippen molar-refractivity contribution in [2.75, 3.05) is 13.6 Å². The van der Waals surface area contributed by atoms with Gasteiger partial charge in [-0.2, -0.15) is 0 Å². The van der Waals surface area contributed by atoms with Gasteiger partial charge in [-0.1, -0.05) is 0 Å². The molecule has 1 aromatic heterocycles. The van der Waals surface area contributed by atoms with Crippen LogP contribution in [0.2, 0.25) is 0 Å².